The van der Waals surface area contributed by atoms with Crippen molar-refractivity contribution in [2.75, 3.05) is 45.2 Å². The predicted octanol–water partition coefficient (Wildman–Crippen LogP) is 0.569. The molecule has 2 saturated heterocycles. The lowest BCUT2D eigenvalue weighted by molar-refractivity contribution is 0.164. The summed E-state index contributed by atoms with van der Waals surface area (Å²) in [6, 6.07) is 0.172. The van der Waals surface area contributed by atoms with Crippen LogP contribution in [-0.4, -0.2) is 76.4 Å². The van der Waals surface area contributed by atoms with E-state index in [4.69, 9.17) is 4.52 Å². The fraction of sp³-hybridized carbons (Fsp3) is 0.846. The zero-order chi connectivity index (χ0) is 14.1. The number of likely N-dealkylation sites (N-methyl/N-ethyl adjacent to an activating group) is 2. The highest BCUT2D eigenvalue weighted by Crippen LogP contribution is 2.32. The Hall–Kier alpha value is -0.630. The van der Waals surface area contributed by atoms with Crippen LogP contribution in [0, 0.1) is 0 Å². The molecule has 3 heterocycles. The second-order valence-corrected chi connectivity index (χ2v) is 6.89. The molecule has 1 aromatic rings. The van der Waals surface area contributed by atoms with Gasteiger partial charge in [0.15, 0.2) is 5.82 Å². The van der Waals surface area contributed by atoms with Gasteiger partial charge in [0, 0.05) is 18.1 Å². The molecule has 0 saturated carbocycles. The van der Waals surface area contributed by atoms with Crippen molar-refractivity contribution in [1.29, 1.82) is 0 Å². The highest BCUT2D eigenvalue weighted by Gasteiger charge is 2.34. The Balaban J connectivity index is 1.77. The third-order valence-corrected chi connectivity index (χ3v) is 5.36. The third kappa shape index (κ3) is 2.86. The predicted molar refractivity (Wildman–Crippen MR) is 77.9 cm³/mol. The molecular formula is C13H22N4O2S. The Bertz CT molecular complexity index is 455. The lowest BCUT2D eigenvalue weighted by Crippen LogP contribution is -2.31. The van der Waals surface area contributed by atoms with Crippen LogP contribution < -0.4 is 0 Å². The molecule has 2 aliphatic heterocycles. The van der Waals surface area contributed by atoms with Gasteiger partial charge in [-0.1, -0.05) is 5.16 Å². The van der Waals surface area contributed by atoms with Gasteiger partial charge in [0.25, 0.3) is 0 Å². The van der Waals surface area contributed by atoms with Crippen molar-refractivity contribution in [3.63, 3.8) is 0 Å². The van der Waals surface area contributed by atoms with Crippen LogP contribution in [0.1, 0.15) is 30.1 Å². The number of hydrogen-bond donors (Lipinski definition) is 1. The highest BCUT2D eigenvalue weighted by atomic mass is 32.2. The van der Waals surface area contributed by atoms with Crippen LogP contribution in [0.3, 0.4) is 0 Å². The van der Waals surface area contributed by atoms with E-state index in [1.54, 1.807) is 11.8 Å². The molecule has 6 nitrogen and oxygen atoms in total. The lowest BCUT2D eigenvalue weighted by atomic mass is 10.1. The van der Waals surface area contributed by atoms with E-state index >= 15 is 0 Å². The smallest absolute Gasteiger partial charge is 0.233 e. The van der Waals surface area contributed by atoms with Crippen LogP contribution in [0.25, 0.3) is 0 Å². The zero-order valence-corrected chi connectivity index (χ0v) is 12.8. The Labute approximate surface area is 123 Å². The summed E-state index contributed by atoms with van der Waals surface area (Å²) >= 11 is 1.74. The van der Waals surface area contributed by atoms with Crippen molar-refractivity contribution < 1.29 is 9.63 Å². The molecule has 3 atom stereocenters. The van der Waals surface area contributed by atoms with Gasteiger partial charge < -0.3 is 14.5 Å². The topological polar surface area (TPSA) is 65.6 Å². The number of aliphatic hydroxyl groups excluding tert-OH is 1. The van der Waals surface area contributed by atoms with Crippen molar-refractivity contribution in [3.8, 4) is 0 Å². The molecule has 1 N–H and O–H groups in total. The maximum absolute atomic E-state index is 9.93. The molecule has 0 amide bonds. The van der Waals surface area contributed by atoms with Gasteiger partial charge in [0.2, 0.25) is 5.89 Å². The van der Waals surface area contributed by atoms with Crippen molar-refractivity contribution in [1.82, 2.24) is 19.9 Å². The van der Waals surface area contributed by atoms with E-state index in [-0.39, 0.29) is 18.1 Å². The molecule has 1 aromatic heterocycles. The van der Waals surface area contributed by atoms with E-state index in [1.807, 2.05) is 0 Å². The molecule has 0 aromatic carbocycles. The van der Waals surface area contributed by atoms with Gasteiger partial charge in [-0.05, 0) is 33.6 Å². The second kappa shape index (κ2) is 6.01. The summed E-state index contributed by atoms with van der Waals surface area (Å²) < 4.78 is 5.42. The Morgan fingerprint density at radius 2 is 2.15 bits per heavy atom. The maximum Gasteiger partial charge on any atom is 0.233 e. The van der Waals surface area contributed by atoms with Gasteiger partial charge in [-0.25, -0.2) is 0 Å². The Kier molecular flexibility index (Phi) is 4.30. The first-order valence-electron chi connectivity index (χ1n) is 7.13. The van der Waals surface area contributed by atoms with Gasteiger partial charge in [-0.2, -0.15) is 16.7 Å². The van der Waals surface area contributed by atoms with Gasteiger partial charge in [-0.15, -0.1) is 0 Å². The average molecular weight is 298 g/mol. The summed E-state index contributed by atoms with van der Waals surface area (Å²) in [6.07, 6.45) is 0.800. The Morgan fingerprint density at radius 3 is 2.90 bits per heavy atom. The quantitative estimate of drug-likeness (QED) is 0.856. The minimum absolute atomic E-state index is 0.00457. The third-order valence-electron chi connectivity index (χ3n) is 4.19. The van der Waals surface area contributed by atoms with Gasteiger partial charge >= 0.3 is 0 Å². The van der Waals surface area contributed by atoms with Crippen LogP contribution in [0.15, 0.2) is 4.52 Å². The molecule has 0 bridgehead atoms. The van der Waals surface area contributed by atoms with Crippen molar-refractivity contribution in [2.24, 2.45) is 0 Å². The molecular weight excluding hydrogens is 276 g/mol. The second-order valence-electron chi connectivity index (χ2n) is 5.81. The van der Waals surface area contributed by atoms with E-state index < -0.39 is 0 Å². The fourth-order valence-electron chi connectivity index (χ4n) is 2.86. The summed E-state index contributed by atoms with van der Waals surface area (Å²) in [5, 5.41) is 14.1. The lowest BCUT2D eigenvalue weighted by Gasteiger charge is -2.24. The number of hydrogen-bond acceptors (Lipinski definition) is 7. The number of aliphatic hydroxyl groups is 1. The number of thioether (sulfide) groups is 1. The molecule has 3 rings (SSSR count). The first kappa shape index (κ1) is 14.3. The van der Waals surface area contributed by atoms with Gasteiger partial charge in [0.1, 0.15) is 0 Å². The largest absolute Gasteiger partial charge is 0.391 e. The monoisotopic (exact) mass is 298 g/mol. The number of nitrogens with zero attached hydrogens (tertiary/aromatic N) is 4. The molecule has 0 radical (unpaired) electrons. The Morgan fingerprint density at radius 1 is 1.30 bits per heavy atom. The summed E-state index contributed by atoms with van der Waals surface area (Å²) in [5.41, 5.74) is 0. The minimum atomic E-state index is -0.358. The molecule has 2 aliphatic rings. The first-order valence-corrected chi connectivity index (χ1v) is 8.28. The zero-order valence-electron chi connectivity index (χ0n) is 12.0. The van der Waals surface area contributed by atoms with Crippen molar-refractivity contribution >= 4 is 11.8 Å². The van der Waals surface area contributed by atoms with Gasteiger partial charge in [-0.3, -0.25) is 4.90 Å². The van der Waals surface area contributed by atoms with Gasteiger partial charge in [0.05, 0.1) is 18.1 Å². The van der Waals surface area contributed by atoms with Crippen LogP contribution in [0.2, 0.25) is 0 Å². The molecule has 0 spiro atoms. The van der Waals surface area contributed by atoms with Crippen LogP contribution in [0.5, 0.6) is 0 Å². The van der Waals surface area contributed by atoms with E-state index in [0.717, 1.165) is 43.4 Å². The van der Waals surface area contributed by atoms with E-state index in [2.05, 4.69) is 34.0 Å². The van der Waals surface area contributed by atoms with E-state index in [0.29, 0.717) is 5.89 Å². The average Bonchev–Trinajstić information content (AvgIpc) is 3.00. The SMILES string of the molecule is CN1CCCN(C)C(c2noc(C3CSCC3O)n2)C1. The van der Waals surface area contributed by atoms with Crippen LogP contribution in [0.4, 0.5) is 0 Å². The molecule has 3 unspecified atom stereocenters. The highest BCUT2D eigenvalue weighted by molar-refractivity contribution is 7.99. The summed E-state index contributed by atoms with van der Waals surface area (Å²) in [4.78, 5) is 9.17. The molecule has 112 valence electrons. The first-order chi connectivity index (χ1) is 9.65. The van der Waals surface area contributed by atoms with Crippen molar-refractivity contribution in [2.45, 2.75) is 24.5 Å². The van der Waals surface area contributed by atoms with E-state index in [9.17, 15) is 5.11 Å². The number of aromatic nitrogens is 2. The van der Waals surface area contributed by atoms with Crippen LogP contribution >= 0.6 is 11.8 Å². The summed E-state index contributed by atoms with van der Waals surface area (Å²) in [5.74, 6) is 2.96. The summed E-state index contributed by atoms with van der Waals surface area (Å²) in [6.45, 7) is 3.06. The normalized spacial score (nSPS) is 33.5. The summed E-state index contributed by atoms with van der Waals surface area (Å²) in [7, 11) is 4.24. The van der Waals surface area contributed by atoms with Crippen molar-refractivity contribution in [3.05, 3.63) is 11.7 Å². The molecule has 7 heteroatoms. The van der Waals surface area contributed by atoms with E-state index in [1.165, 1.54) is 0 Å². The minimum Gasteiger partial charge on any atom is -0.391 e. The molecule has 2 fully saturated rings. The fourth-order valence-corrected chi connectivity index (χ4v) is 4.09. The maximum atomic E-state index is 9.93. The number of rotatable bonds is 2. The molecule has 20 heavy (non-hydrogen) atoms. The van der Waals surface area contributed by atoms with Crippen LogP contribution in [-0.2, 0) is 0 Å². The molecule has 0 aliphatic carbocycles. The standard InChI is InChI=1S/C13H22N4O2S/c1-16-4-3-5-17(2)10(6-16)12-14-13(19-15-12)9-7-20-8-11(9)18/h9-11,18H,3-8H2,1-2H3.